The number of carboxylic acids is 2. The second-order valence-electron chi connectivity index (χ2n) is 12.1. The van der Waals surface area contributed by atoms with Gasteiger partial charge in [-0.05, 0) is 89.9 Å². The first-order valence-corrected chi connectivity index (χ1v) is 14.7. The van der Waals surface area contributed by atoms with Crippen LogP contribution < -0.4 is 10.6 Å². The number of amides is 2. The highest BCUT2D eigenvalue weighted by Gasteiger charge is 2.41. The summed E-state index contributed by atoms with van der Waals surface area (Å²) in [6.07, 6.45) is 7.15. The van der Waals surface area contributed by atoms with Crippen LogP contribution in [0.3, 0.4) is 0 Å². The van der Waals surface area contributed by atoms with Gasteiger partial charge in [0.2, 0.25) is 11.8 Å². The van der Waals surface area contributed by atoms with E-state index in [1.807, 2.05) is 0 Å². The number of carbonyl (C=O) groups excluding carboxylic acids is 2. The first-order chi connectivity index (χ1) is 18.6. The molecule has 0 radical (unpaired) electrons. The second-order valence-corrected chi connectivity index (χ2v) is 12.1. The molecule has 0 aromatic rings. The maximum absolute atomic E-state index is 12.8. The Bertz CT molecular complexity index is 812. The van der Waals surface area contributed by atoms with Crippen LogP contribution in [-0.4, -0.2) is 80.7 Å². The number of rotatable bonds is 8. The van der Waals surface area contributed by atoms with Crippen LogP contribution in [0.1, 0.15) is 89.9 Å². The Morgan fingerprint density at radius 1 is 0.513 bits per heavy atom. The lowest BCUT2D eigenvalue weighted by Gasteiger charge is -2.37. The van der Waals surface area contributed by atoms with Crippen molar-refractivity contribution >= 4 is 23.8 Å². The molecule has 4 rings (SSSR count). The van der Waals surface area contributed by atoms with E-state index in [1.54, 1.807) is 0 Å². The number of hydrogen-bond acceptors (Lipinski definition) is 7. The van der Waals surface area contributed by atoms with Crippen molar-refractivity contribution in [2.45, 2.75) is 126 Å². The quantitative estimate of drug-likeness (QED) is 0.260. The molecule has 11 nitrogen and oxygen atoms in total. The molecule has 6 unspecified atom stereocenters. The molecule has 4 aliphatic rings. The molecule has 220 valence electrons. The van der Waals surface area contributed by atoms with Crippen LogP contribution in [0, 0.1) is 23.7 Å². The molecule has 0 aromatic heterocycles. The van der Waals surface area contributed by atoms with Gasteiger partial charge in [0.05, 0.1) is 48.1 Å². The smallest absolute Gasteiger partial charge is 0.307 e. The van der Waals surface area contributed by atoms with Crippen molar-refractivity contribution in [3.63, 3.8) is 0 Å². The van der Waals surface area contributed by atoms with Crippen molar-refractivity contribution < 1.29 is 44.3 Å². The molecule has 0 spiro atoms. The van der Waals surface area contributed by atoms with Gasteiger partial charge < -0.3 is 35.8 Å². The fourth-order valence-electron chi connectivity index (χ4n) is 7.05. The third-order valence-corrected chi connectivity index (χ3v) is 9.38. The standard InChI is InChI=1S/C28H44N2O9/c31-17-5-11-21(23(13-17)27(35)36)25(33)29-15-1-7-19(8-2-15)39-20-9-3-16(4-10-20)30-26(34)22-12-6-18(32)14-24(22)28(37)38/h15-24,31-32H,1-14H2,(H,29,33)(H,30,34)(H,35,36)(H,37,38). The molecule has 4 fully saturated rings. The number of ether oxygens (including phenoxy) is 1. The lowest BCUT2D eigenvalue weighted by molar-refractivity contribution is -0.151. The van der Waals surface area contributed by atoms with E-state index in [0.29, 0.717) is 25.7 Å². The molecule has 0 aliphatic heterocycles. The minimum Gasteiger partial charge on any atom is -0.481 e. The number of nitrogens with one attached hydrogen (secondary N) is 2. The molecule has 6 N–H and O–H groups in total. The van der Waals surface area contributed by atoms with E-state index in [0.717, 1.165) is 51.4 Å². The first-order valence-electron chi connectivity index (χ1n) is 14.7. The monoisotopic (exact) mass is 552 g/mol. The van der Waals surface area contributed by atoms with Gasteiger partial charge in [-0.1, -0.05) is 0 Å². The number of aliphatic hydroxyl groups is 2. The van der Waals surface area contributed by atoms with Gasteiger partial charge in [0.15, 0.2) is 0 Å². The van der Waals surface area contributed by atoms with Crippen LogP contribution in [0.5, 0.6) is 0 Å². The van der Waals surface area contributed by atoms with Crippen LogP contribution in [0.2, 0.25) is 0 Å². The predicted octanol–water partition coefficient (Wildman–Crippen LogP) is 1.58. The summed E-state index contributed by atoms with van der Waals surface area (Å²) in [4.78, 5) is 48.8. The predicted molar refractivity (Wildman–Crippen MR) is 138 cm³/mol. The van der Waals surface area contributed by atoms with Crippen LogP contribution >= 0.6 is 0 Å². The zero-order valence-electron chi connectivity index (χ0n) is 22.5. The number of aliphatic carboxylic acids is 2. The summed E-state index contributed by atoms with van der Waals surface area (Å²) in [5, 5.41) is 44.6. The molecule has 11 heteroatoms. The normalized spacial score (nSPS) is 39.3. The summed E-state index contributed by atoms with van der Waals surface area (Å²) in [6.45, 7) is 0. The molecule has 0 bridgehead atoms. The van der Waals surface area contributed by atoms with Gasteiger partial charge in [0.1, 0.15) is 0 Å². The summed E-state index contributed by atoms with van der Waals surface area (Å²) in [6, 6.07) is 0.000225. The van der Waals surface area contributed by atoms with E-state index >= 15 is 0 Å². The summed E-state index contributed by atoms with van der Waals surface area (Å²) >= 11 is 0. The van der Waals surface area contributed by atoms with E-state index in [2.05, 4.69) is 10.6 Å². The Kier molecular flexibility index (Phi) is 10.2. The molecule has 0 saturated heterocycles. The van der Waals surface area contributed by atoms with Crippen LogP contribution in [0.25, 0.3) is 0 Å². The highest BCUT2D eigenvalue weighted by molar-refractivity contribution is 5.85. The average molecular weight is 553 g/mol. The molecular weight excluding hydrogens is 508 g/mol. The molecule has 6 atom stereocenters. The van der Waals surface area contributed by atoms with Gasteiger partial charge in [0.25, 0.3) is 0 Å². The fraction of sp³-hybridized carbons (Fsp3) is 0.857. The van der Waals surface area contributed by atoms with E-state index in [4.69, 9.17) is 4.74 Å². The van der Waals surface area contributed by atoms with Crippen molar-refractivity contribution in [2.24, 2.45) is 23.7 Å². The van der Waals surface area contributed by atoms with Crippen molar-refractivity contribution in [1.82, 2.24) is 10.6 Å². The second kappa shape index (κ2) is 13.4. The molecule has 0 heterocycles. The summed E-state index contributed by atoms with van der Waals surface area (Å²) < 4.78 is 6.36. The Morgan fingerprint density at radius 3 is 1.21 bits per heavy atom. The number of hydrogen-bond donors (Lipinski definition) is 6. The van der Waals surface area contributed by atoms with Crippen molar-refractivity contribution in [1.29, 1.82) is 0 Å². The van der Waals surface area contributed by atoms with E-state index in [-0.39, 0.29) is 48.9 Å². The topological polar surface area (TPSA) is 182 Å². The number of aliphatic hydroxyl groups excluding tert-OH is 2. The van der Waals surface area contributed by atoms with Gasteiger partial charge in [-0.25, -0.2) is 0 Å². The highest BCUT2D eigenvalue weighted by Crippen LogP contribution is 2.34. The van der Waals surface area contributed by atoms with E-state index < -0.39 is 47.8 Å². The highest BCUT2D eigenvalue weighted by atomic mass is 16.5. The third kappa shape index (κ3) is 7.91. The minimum atomic E-state index is -1.03. The summed E-state index contributed by atoms with van der Waals surface area (Å²) in [7, 11) is 0. The SMILES string of the molecule is O=C(O)C1CC(O)CCC1C(=O)NC1CCC(OC2CCC(NC(=O)C3CCC(O)CC3C(=O)O)CC2)CC1. The number of carboxylic acid groups (broad SMARTS) is 2. The lowest BCUT2D eigenvalue weighted by atomic mass is 9.77. The first kappa shape index (κ1) is 29.7. The molecular formula is C28H44N2O9. The van der Waals surface area contributed by atoms with Crippen LogP contribution in [0.15, 0.2) is 0 Å². The Hall–Kier alpha value is -2.24. The Balaban J connectivity index is 1.15. The van der Waals surface area contributed by atoms with Gasteiger partial charge in [-0.15, -0.1) is 0 Å². The molecule has 2 amide bonds. The van der Waals surface area contributed by atoms with E-state index in [1.165, 1.54) is 0 Å². The van der Waals surface area contributed by atoms with Gasteiger partial charge in [-0.2, -0.15) is 0 Å². The zero-order chi connectivity index (χ0) is 28.1. The largest absolute Gasteiger partial charge is 0.481 e. The van der Waals surface area contributed by atoms with Crippen molar-refractivity contribution in [2.75, 3.05) is 0 Å². The fourth-order valence-corrected chi connectivity index (χ4v) is 7.05. The maximum atomic E-state index is 12.8. The van der Waals surface area contributed by atoms with Crippen molar-refractivity contribution in [3.8, 4) is 0 Å². The maximum Gasteiger partial charge on any atom is 0.307 e. The Labute approximate surface area is 229 Å². The van der Waals surface area contributed by atoms with Crippen LogP contribution in [0.4, 0.5) is 0 Å². The average Bonchev–Trinajstić information content (AvgIpc) is 2.90. The van der Waals surface area contributed by atoms with E-state index in [9.17, 15) is 39.6 Å². The number of carbonyl (C=O) groups is 4. The molecule has 4 saturated carbocycles. The lowest BCUT2D eigenvalue weighted by Crippen LogP contribution is -2.48. The van der Waals surface area contributed by atoms with Gasteiger partial charge in [-0.3, -0.25) is 19.2 Å². The summed E-state index contributed by atoms with van der Waals surface area (Å²) in [5.41, 5.74) is 0. The Morgan fingerprint density at radius 2 is 0.872 bits per heavy atom. The van der Waals surface area contributed by atoms with Crippen molar-refractivity contribution in [3.05, 3.63) is 0 Å². The third-order valence-electron chi connectivity index (χ3n) is 9.38. The summed E-state index contributed by atoms with van der Waals surface area (Å²) in [5.74, 6) is -5.40. The molecule has 0 aromatic carbocycles. The van der Waals surface area contributed by atoms with Gasteiger partial charge in [0, 0.05) is 12.1 Å². The van der Waals surface area contributed by atoms with Crippen LogP contribution in [-0.2, 0) is 23.9 Å². The molecule has 4 aliphatic carbocycles. The molecule has 39 heavy (non-hydrogen) atoms. The van der Waals surface area contributed by atoms with Gasteiger partial charge >= 0.3 is 11.9 Å². The zero-order valence-corrected chi connectivity index (χ0v) is 22.5. The minimum absolute atomic E-state index is 0.000113.